The molecule has 0 N–H and O–H groups in total. The minimum absolute atomic E-state index is 0.230. The van der Waals surface area contributed by atoms with Gasteiger partial charge in [-0.25, -0.2) is 0 Å². The van der Waals surface area contributed by atoms with Crippen LogP contribution in [-0.2, 0) is 4.79 Å². The predicted octanol–water partition coefficient (Wildman–Crippen LogP) is 5.57. The summed E-state index contributed by atoms with van der Waals surface area (Å²) in [6.45, 7) is 14.1. The van der Waals surface area contributed by atoms with E-state index in [1.54, 1.807) is 0 Å². The van der Waals surface area contributed by atoms with E-state index in [4.69, 9.17) is 0 Å². The van der Waals surface area contributed by atoms with Gasteiger partial charge in [-0.2, -0.15) is 0 Å². The van der Waals surface area contributed by atoms with Gasteiger partial charge in [0, 0.05) is 16.5 Å². The second-order valence-electron chi connectivity index (χ2n) is 5.06. The number of carbonyl (C=O) groups excluding carboxylic acids is 1. The maximum atomic E-state index is 12.0. The molecule has 1 unspecified atom stereocenters. The molecular weight excluding hydrogens is 288 g/mol. The molecule has 0 saturated heterocycles. The first kappa shape index (κ1) is 17.4. The standard InChI is InChI=1S/C16H25BrO/c1-7-12(4)8-9-16(18)14(6)15(17)10-13(5)11(2)3/h10,12H,2,7-9H2,1,3-6H3/b13-10-,15-14-. The van der Waals surface area contributed by atoms with Gasteiger partial charge in [0.15, 0.2) is 5.78 Å². The minimum atomic E-state index is 0.230. The van der Waals surface area contributed by atoms with Gasteiger partial charge in [0.25, 0.3) is 0 Å². The first-order chi connectivity index (χ1) is 8.29. The van der Waals surface area contributed by atoms with Crippen LogP contribution in [0.15, 0.2) is 33.9 Å². The smallest absolute Gasteiger partial charge is 0.159 e. The van der Waals surface area contributed by atoms with E-state index in [2.05, 4.69) is 36.4 Å². The van der Waals surface area contributed by atoms with E-state index in [9.17, 15) is 4.79 Å². The highest BCUT2D eigenvalue weighted by atomic mass is 79.9. The number of ketones is 1. The summed E-state index contributed by atoms with van der Waals surface area (Å²) in [5, 5.41) is 0. The molecule has 1 atom stereocenters. The molecule has 0 radical (unpaired) electrons. The van der Waals surface area contributed by atoms with Crippen molar-refractivity contribution in [1.82, 2.24) is 0 Å². The van der Waals surface area contributed by atoms with E-state index < -0.39 is 0 Å². The molecule has 102 valence electrons. The van der Waals surface area contributed by atoms with Crippen LogP contribution >= 0.6 is 15.9 Å². The number of allylic oxidation sites excluding steroid dienone is 5. The zero-order valence-corrected chi connectivity index (χ0v) is 13.9. The molecule has 18 heavy (non-hydrogen) atoms. The number of hydrogen-bond donors (Lipinski definition) is 0. The summed E-state index contributed by atoms with van der Waals surface area (Å²) in [7, 11) is 0. The molecule has 0 aromatic rings. The molecule has 0 spiro atoms. The fraction of sp³-hybridized carbons (Fsp3) is 0.562. The van der Waals surface area contributed by atoms with Gasteiger partial charge in [0.05, 0.1) is 0 Å². The monoisotopic (exact) mass is 312 g/mol. The zero-order valence-electron chi connectivity index (χ0n) is 12.3. The quantitative estimate of drug-likeness (QED) is 0.443. The average molecular weight is 313 g/mol. The van der Waals surface area contributed by atoms with Gasteiger partial charge in [-0.15, -0.1) is 0 Å². The number of carbonyl (C=O) groups is 1. The lowest BCUT2D eigenvalue weighted by Crippen LogP contribution is -2.04. The van der Waals surface area contributed by atoms with Gasteiger partial charge in [0.2, 0.25) is 0 Å². The van der Waals surface area contributed by atoms with Crippen LogP contribution < -0.4 is 0 Å². The Morgan fingerprint density at radius 3 is 2.33 bits per heavy atom. The molecule has 0 aromatic carbocycles. The lowest BCUT2D eigenvalue weighted by molar-refractivity contribution is -0.115. The van der Waals surface area contributed by atoms with Crippen LogP contribution in [0.4, 0.5) is 0 Å². The van der Waals surface area contributed by atoms with Gasteiger partial charge >= 0.3 is 0 Å². The molecule has 0 heterocycles. The predicted molar refractivity (Wildman–Crippen MR) is 83.9 cm³/mol. The lowest BCUT2D eigenvalue weighted by atomic mass is 9.98. The second kappa shape index (κ2) is 8.47. The first-order valence-corrected chi connectivity index (χ1v) is 7.32. The van der Waals surface area contributed by atoms with Crippen molar-refractivity contribution in [2.24, 2.45) is 5.92 Å². The Bertz CT molecular complexity index is 375. The Labute approximate surface area is 120 Å². The molecule has 0 fully saturated rings. The van der Waals surface area contributed by atoms with Crippen LogP contribution in [0.5, 0.6) is 0 Å². The third-order valence-corrected chi connectivity index (χ3v) is 4.18. The van der Waals surface area contributed by atoms with Crippen molar-refractivity contribution >= 4 is 21.7 Å². The average Bonchev–Trinajstić information content (AvgIpc) is 2.33. The number of rotatable bonds is 7. The Morgan fingerprint density at radius 1 is 1.33 bits per heavy atom. The fourth-order valence-corrected chi connectivity index (χ4v) is 1.89. The summed E-state index contributed by atoms with van der Waals surface area (Å²) >= 11 is 3.48. The molecule has 0 aliphatic carbocycles. The van der Waals surface area contributed by atoms with E-state index in [1.807, 2.05) is 26.8 Å². The van der Waals surface area contributed by atoms with Crippen LogP contribution in [0.1, 0.15) is 53.9 Å². The van der Waals surface area contributed by atoms with Crippen molar-refractivity contribution in [2.75, 3.05) is 0 Å². The van der Waals surface area contributed by atoms with E-state index >= 15 is 0 Å². The van der Waals surface area contributed by atoms with Crippen molar-refractivity contribution in [3.05, 3.63) is 33.9 Å². The van der Waals surface area contributed by atoms with Gasteiger partial charge in [0.1, 0.15) is 0 Å². The van der Waals surface area contributed by atoms with Crippen molar-refractivity contribution < 1.29 is 4.79 Å². The highest BCUT2D eigenvalue weighted by Gasteiger charge is 2.10. The maximum Gasteiger partial charge on any atom is 0.159 e. The summed E-state index contributed by atoms with van der Waals surface area (Å²) in [4.78, 5) is 12.0. The highest BCUT2D eigenvalue weighted by molar-refractivity contribution is 9.11. The normalized spacial score (nSPS) is 15.1. The fourth-order valence-electron chi connectivity index (χ4n) is 1.32. The SMILES string of the molecule is C=C(C)/C(C)=C\C(Br)=C(/C)C(=O)CCC(C)CC. The van der Waals surface area contributed by atoms with Gasteiger partial charge < -0.3 is 0 Å². The van der Waals surface area contributed by atoms with E-state index in [0.717, 1.165) is 34.0 Å². The van der Waals surface area contributed by atoms with Crippen LogP contribution in [0.3, 0.4) is 0 Å². The Morgan fingerprint density at radius 2 is 1.89 bits per heavy atom. The van der Waals surface area contributed by atoms with Crippen LogP contribution in [0.25, 0.3) is 0 Å². The Balaban J connectivity index is 4.70. The van der Waals surface area contributed by atoms with Crippen molar-refractivity contribution in [1.29, 1.82) is 0 Å². The van der Waals surface area contributed by atoms with Gasteiger partial charge in [-0.3, -0.25) is 4.79 Å². The summed E-state index contributed by atoms with van der Waals surface area (Å²) in [6, 6.07) is 0. The number of Topliss-reactive ketones (excluding diaryl/α,β-unsaturated/α-hetero) is 1. The van der Waals surface area contributed by atoms with Crippen molar-refractivity contribution in [3.8, 4) is 0 Å². The molecule has 2 heteroatoms. The Hall–Kier alpha value is -0.630. The molecular formula is C16H25BrO. The lowest BCUT2D eigenvalue weighted by Gasteiger charge is -2.08. The van der Waals surface area contributed by atoms with Gasteiger partial charge in [-0.1, -0.05) is 48.4 Å². The molecule has 0 bridgehead atoms. The third-order valence-electron chi connectivity index (χ3n) is 3.35. The van der Waals surface area contributed by atoms with Gasteiger partial charge in [-0.05, 0) is 44.8 Å². The zero-order chi connectivity index (χ0) is 14.3. The summed E-state index contributed by atoms with van der Waals surface area (Å²) in [5.41, 5.74) is 2.92. The summed E-state index contributed by atoms with van der Waals surface area (Å²) in [6.07, 6.45) is 4.71. The van der Waals surface area contributed by atoms with E-state index in [1.165, 1.54) is 0 Å². The Kier molecular flexibility index (Phi) is 8.17. The summed E-state index contributed by atoms with van der Waals surface area (Å²) < 4.78 is 0.872. The highest BCUT2D eigenvalue weighted by Crippen LogP contribution is 2.21. The molecule has 1 nitrogen and oxygen atoms in total. The first-order valence-electron chi connectivity index (χ1n) is 6.53. The number of hydrogen-bond acceptors (Lipinski definition) is 1. The van der Waals surface area contributed by atoms with E-state index in [-0.39, 0.29) is 5.78 Å². The number of halogens is 1. The van der Waals surface area contributed by atoms with Crippen molar-refractivity contribution in [2.45, 2.75) is 53.9 Å². The molecule has 0 aliphatic rings. The molecule has 0 saturated carbocycles. The second-order valence-corrected chi connectivity index (χ2v) is 5.91. The van der Waals surface area contributed by atoms with Crippen LogP contribution in [-0.4, -0.2) is 5.78 Å². The molecule has 0 aliphatic heterocycles. The molecule has 0 amide bonds. The summed E-state index contributed by atoms with van der Waals surface area (Å²) in [5.74, 6) is 0.848. The van der Waals surface area contributed by atoms with Crippen LogP contribution in [0, 0.1) is 5.92 Å². The minimum Gasteiger partial charge on any atom is -0.295 e. The van der Waals surface area contributed by atoms with Crippen LogP contribution in [0.2, 0.25) is 0 Å². The third kappa shape index (κ3) is 6.34. The maximum absolute atomic E-state index is 12.0. The molecule has 0 aromatic heterocycles. The van der Waals surface area contributed by atoms with E-state index in [0.29, 0.717) is 12.3 Å². The molecule has 0 rings (SSSR count). The largest absolute Gasteiger partial charge is 0.295 e. The topological polar surface area (TPSA) is 17.1 Å². The van der Waals surface area contributed by atoms with Crippen molar-refractivity contribution in [3.63, 3.8) is 0 Å².